The minimum absolute atomic E-state index is 0.00408. The van der Waals surface area contributed by atoms with Gasteiger partial charge in [0.15, 0.2) is 11.6 Å². The summed E-state index contributed by atoms with van der Waals surface area (Å²) in [4.78, 5) is 42.0. The van der Waals surface area contributed by atoms with Crippen LogP contribution in [0.3, 0.4) is 0 Å². The normalized spacial score (nSPS) is 10.7. The molecule has 3 aromatic carbocycles. The number of halogens is 1. The van der Waals surface area contributed by atoms with Gasteiger partial charge in [0.2, 0.25) is 0 Å². The van der Waals surface area contributed by atoms with Crippen molar-refractivity contribution in [2.45, 2.75) is 20.4 Å². The fourth-order valence-corrected chi connectivity index (χ4v) is 4.19. The van der Waals surface area contributed by atoms with Gasteiger partial charge in [-0.3, -0.25) is 19.4 Å². The van der Waals surface area contributed by atoms with Crippen LogP contribution < -0.4 is 16.4 Å². The van der Waals surface area contributed by atoms with Gasteiger partial charge in [0.1, 0.15) is 6.61 Å². The zero-order valence-corrected chi connectivity index (χ0v) is 22.2. The molecule has 0 bridgehead atoms. The minimum Gasteiger partial charge on any atom is -0.374 e. The van der Waals surface area contributed by atoms with Crippen molar-refractivity contribution in [2.75, 3.05) is 23.8 Å². The molecule has 8 nitrogen and oxygen atoms in total. The molecular weight excluding hydrogens is 511 g/mol. The molecular formula is C31H29FN4O4. The van der Waals surface area contributed by atoms with Crippen LogP contribution in [0.15, 0.2) is 79.1 Å². The maximum Gasteiger partial charge on any atom is 0.255 e. The SMILES string of the molecule is CCOCC(=O)c1ccc(NC(=O)c2cccc(-c3cc(C(=O)Nc4ccncc4F)ccc3CN)c2)cc1C. The lowest BCUT2D eigenvalue weighted by Crippen LogP contribution is -2.14. The number of hydrogen-bond donors (Lipinski definition) is 3. The predicted octanol–water partition coefficient (Wildman–Crippen LogP) is 5.38. The van der Waals surface area contributed by atoms with Crippen LogP contribution in [0.25, 0.3) is 11.1 Å². The highest BCUT2D eigenvalue weighted by atomic mass is 19.1. The van der Waals surface area contributed by atoms with Crippen molar-refractivity contribution in [1.29, 1.82) is 0 Å². The van der Waals surface area contributed by atoms with Crippen LogP contribution in [0.5, 0.6) is 0 Å². The smallest absolute Gasteiger partial charge is 0.255 e. The number of ketones is 1. The topological polar surface area (TPSA) is 123 Å². The third-order valence-corrected chi connectivity index (χ3v) is 6.27. The molecule has 0 saturated heterocycles. The van der Waals surface area contributed by atoms with E-state index in [4.69, 9.17) is 10.5 Å². The first-order valence-electron chi connectivity index (χ1n) is 12.7. The van der Waals surface area contributed by atoms with E-state index in [9.17, 15) is 18.8 Å². The van der Waals surface area contributed by atoms with Crippen LogP contribution in [0.1, 0.15) is 49.1 Å². The highest BCUT2D eigenvalue weighted by Crippen LogP contribution is 2.27. The van der Waals surface area contributed by atoms with Crippen molar-refractivity contribution in [1.82, 2.24) is 4.98 Å². The molecule has 4 aromatic rings. The lowest BCUT2D eigenvalue weighted by Gasteiger charge is -2.13. The number of benzene rings is 3. The van der Waals surface area contributed by atoms with Crippen LogP contribution in [0, 0.1) is 12.7 Å². The van der Waals surface area contributed by atoms with E-state index in [0.717, 1.165) is 17.3 Å². The average molecular weight is 541 g/mol. The summed E-state index contributed by atoms with van der Waals surface area (Å²) >= 11 is 0. The molecule has 40 heavy (non-hydrogen) atoms. The number of anilines is 2. The molecule has 1 heterocycles. The number of pyridine rings is 1. The molecule has 0 radical (unpaired) electrons. The number of carbonyl (C=O) groups is 3. The first-order valence-corrected chi connectivity index (χ1v) is 12.7. The van der Waals surface area contributed by atoms with E-state index in [1.165, 1.54) is 12.3 Å². The Balaban J connectivity index is 1.55. The summed E-state index contributed by atoms with van der Waals surface area (Å²) in [5.41, 5.74) is 10.6. The van der Waals surface area contributed by atoms with Crippen LogP contribution in [0.4, 0.5) is 15.8 Å². The summed E-state index contributed by atoms with van der Waals surface area (Å²) in [6, 6.07) is 18.4. The highest BCUT2D eigenvalue weighted by Gasteiger charge is 2.15. The van der Waals surface area contributed by atoms with E-state index < -0.39 is 11.7 Å². The zero-order valence-electron chi connectivity index (χ0n) is 22.2. The molecule has 0 fully saturated rings. The van der Waals surface area contributed by atoms with Gasteiger partial charge in [-0.2, -0.15) is 0 Å². The summed E-state index contributed by atoms with van der Waals surface area (Å²) in [6.07, 6.45) is 2.41. The molecule has 1 aromatic heterocycles. The van der Waals surface area contributed by atoms with Crippen LogP contribution in [0.2, 0.25) is 0 Å². The lowest BCUT2D eigenvalue weighted by atomic mass is 9.95. The predicted molar refractivity (Wildman–Crippen MR) is 152 cm³/mol. The molecule has 0 aliphatic heterocycles. The van der Waals surface area contributed by atoms with Gasteiger partial charge in [0.25, 0.3) is 11.8 Å². The number of carbonyl (C=O) groups excluding carboxylic acids is 3. The molecule has 0 aliphatic carbocycles. The summed E-state index contributed by atoms with van der Waals surface area (Å²) in [7, 11) is 0. The van der Waals surface area contributed by atoms with Crippen molar-refractivity contribution < 1.29 is 23.5 Å². The van der Waals surface area contributed by atoms with E-state index in [2.05, 4.69) is 15.6 Å². The van der Waals surface area contributed by atoms with Crippen LogP contribution >= 0.6 is 0 Å². The van der Waals surface area contributed by atoms with Gasteiger partial charge in [-0.25, -0.2) is 4.39 Å². The number of ether oxygens (including phenoxy) is 1. The van der Waals surface area contributed by atoms with E-state index in [0.29, 0.717) is 40.1 Å². The summed E-state index contributed by atoms with van der Waals surface area (Å²) in [5.74, 6) is -1.61. The van der Waals surface area contributed by atoms with E-state index in [1.807, 2.05) is 13.0 Å². The Bertz CT molecular complexity index is 1570. The van der Waals surface area contributed by atoms with Gasteiger partial charge in [0.05, 0.1) is 11.9 Å². The maximum absolute atomic E-state index is 14.0. The number of nitrogens with one attached hydrogen (secondary N) is 2. The maximum atomic E-state index is 14.0. The molecule has 0 aliphatic rings. The fourth-order valence-electron chi connectivity index (χ4n) is 4.19. The first kappa shape index (κ1) is 28.3. The molecule has 0 saturated carbocycles. The van der Waals surface area contributed by atoms with E-state index in [1.54, 1.807) is 61.5 Å². The van der Waals surface area contributed by atoms with Crippen LogP contribution in [-0.4, -0.2) is 35.8 Å². The number of hydrogen-bond acceptors (Lipinski definition) is 6. The largest absolute Gasteiger partial charge is 0.374 e. The van der Waals surface area contributed by atoms with Crippen LogP contribution in [-0.2, 0) is 11.3 Å². The number of Topliss-reactive ketones (excluding diaryl/α,β-unsaturated/α-hetero) is 1. The van der Waals surface area contributed by atoms with Gasteiger partial charge in [-0.1, -0.05) is 18.2 Å². The summed E-state index contributed by atoms with van der Waals surface area (Å²) in [5, 5.41) is 5.41. The molecule has 4 N–H and O–H groups in total. The Hall–Kier alpha value is -4.73. The van der Waals surface area contributed by atoms with Gasteiger partial charge < -0.3 is 21.1 Å². The molecule has 0 atom stereocenters. The standard InChI is InChI=1S/C31H29FN4O4/c1-3-40-18-29(37)25-10-9-24(13-19(25)2)35-30(38)21-6-4-5-20(14-21)26-15-22(7-8-23(26)16-33)31(39)36-28-11-12-34-17-27(28)32/h4-15,17H,3,16,18,33H2,1-2H3,(H,35,38)(H,34,36,39). The number of rotatable bonds is 10. The Morgan fingerprint density at radius 1 is 0.950 bits per heavy atom. The van der Waals surface area contributed by atoms with E-state index in [-0.39, 0.29) is 30.5 Å². The number of nitrogens with two attached hydrogens (primary N) is 1. The van der Waals surface area contributed by atoms with Gasteiger partial charge in [-0.15, -0.1) is 0 Å². The van der Waals surface area contributed by atoms with Crippen molar-refractivity contribution >= 4 is 29.0 Å². The molecule has 2 amide bonds. The highest BCUT2D eigenvalue weighted by molar-refractivity contribution is 6.07. The van der Waals surface area contributed by atoms with Gasteiger partial charge >= 0.3 is 0 Å². The Morgan fingerprint density at radius 3 is 2.45 bits per heavy atom. The minimum atomic E-state index is -0.643. The number of nitrogens with zero attached hydrogens (tertiary/aromatic N) is 1. The van der Waals surface area contributed by atoms with Crippen molar-refractivity contribution in [3.8, 4) is 11.1 Å². The molecule has 0 spiro atoms. The Morgan fingerprint density at radius 2 is 1.73 bits per heavy atom. The molecule has 204 valence electrons. The second kappa shape index (κ2) is 12.9. The number of aryl methyl sites for hydroxylation is 1. The lowest BCUT2D eigenvalue weighted by molar-refractivity contribution is 0.0782. The second-order valence-electron chi connectivity index (χ2n) is 9.01. The average Bonchev–Trinajstić information content (AvgIpc) is 2.96. The molecule has 9 heteroatoms. The summed E-state index contributed by atoms with van der Waals surface area (Å²) in [6.45, 7) is 4.29. The molecule has 4 rings (SSSR count). The third-order valence-electron chi connectivity index (χ3n) is 6.27. The number of aromatic nitrogens is 1. The van der Waals surface area contributed by atoms with Crippen molar-refractivity contribution in [3.63, 3.8) is 0 Å². The molecule has 0 unspecified atom stereocenters. The van der Waals surface area contributed by atoms with Crippen molar-refractivity contribution in [3.05, 3.63) is 113 Å². The Labute approximate surface area is 231 Å². The van der Waals surface area contributed by atoms with Gasteiger partial charge in [-0.05, 0) is 84.6 Å². The Kier molecular flexibility index (Phi) is 9.11. The zero-order chi connectivity index (χ0) is 28.6. The summed E-state index contributed by atoms with van der Waals surface area (Å²) < 4.78 is 19.2. The van der Waals surface area contributed by atoms with Gasteiger partial charge in [0, 0.05) is 41.7 Å². The third kappa shape index (κ3) is 6.63. The monoisotopic (exact) mass is 540 g/mol. The fraction of sp³-hybridized carbons (Fsp3) is 0.161. The van der Waals surface area contributed by atoms with Crippen molar-refractivity contribution in [2.24, 2.45) is 5.73 Å². The quantitative estimate of drug-likeness (QED) is 0.232. The first-order chi connectivity index (χ1) is 19.3. The van der Waals surface area contributed by atoms with E-state index >= 15 is 0 Å². The second-order valence-corrected chi connectivity index (χ2v) is 9.01. The number of amides is 2.